The molecule has 1 rings (SSSR count). The second-order valence-corrected chi connectivity index (χ2v) is 4.82. The lowest BCUT2D eigenvalue weighted by Gasteiger charge is -2.09. The number of ether oxygens (including phenoxy) is 1. The average molecular weight is 265 g/mol. The molecule has 1 aromatic heterocycles. The Bertz CT molecular complexity index is 394. The maximum Gasteiger partial charge on any atom is 0.252 e. The third-order valence-corrected chi connectivity index (χ3v) is 2.64. The Kier molecular flexibility index (Phi) is 6.89. The summed E-state index contributed by atoms with van der Waals surface area (Å²) >= 11 is 0. The molecule has 1 aromatic rings. The summed E-state index contributed by atoms with van der Waals surface area (Å²) in [6.45, 7) is 6.27. The van der Waals surface area contributed by atoms with Gasteiger partial charge in [0.2, 0.25) is 0 Å². The third-order valence-electron chi connectivity index (χ3n) is 2.64. The fourth-order valence-electron chi connectivity index (χ4n) is 1.53. The van der Waals surface area contributed by atoms with E-state index in [0.717, 1.165) is 12.1 Å². The van der Waals surface area contributed by atoms with Crippen molar-refractivity contribution >= 4 is 11.6 Å². The van der Waals surface area contributed by atoms with Gasteiger partial charge in [0.1, 0.15) is 0 Å². The summed E-state index contributed by atoms with van der Waals surface area (Å²) in [5.41, 5.74) is 1.40. The van der Waals surface area contributed by atoms with Crippen molar-refractivity contribution in [2.24, 2.45) is 5.92 Å². The highest BCUT2D eigenvalue weighted by Gasteiger charge is 2.06. The van der Waals surface area contributed by atoms with Crippen molar-refractivity contribution < 1.29 is 9.53 Å². The van der Waals surface area contributed by atoms with E-state index in [1.165, 1.54) is 0 Å². The predicted octanol–water partition coefficient (Wildman–Crippen LogP) is 1.92. The average Bonchev–Trinajstić information content (AvgIpc) is 2.39. The molecule has 0 spiro atoms. The molecule has 0 aliphatic heterocycles. The minimum Gasteiger partial charge on any atom is -0.383 e. The van der Waals surface area contributed by atoms with Crippen LogP contribution in [0.5, 0.6) is 0 Å². The van der Waals surface area contributed by atoms with Crippen LogP contribution in [0.4, 0.5) is 5.69 Å². The van der Waals surface area contributed by atoms with Crippen molar-refractivity contribution in [3.05, 3.63) is 24.0 Å². The third kappa shape index (κ3) is 6.20. The van der Waals surface area contributed by atoms with E-state index in [2.05, 4.69) is 29.5 Å². The Balaban J connectivity index is 2.48. The summed E-state index contributed by atoms with van der Waals surface area (Å²) in [5.74, 6) is 0.504. The van der Waals surface area contributed by atoms with Gasteiger partial charge in [0.05, 0.1) is 17.9 Å². The highest BCUT2D eigenvalue weighted by Crippen LogP contribution is 2.08. The molecule has 0 aromatic carbocycles. The Morgan fingerprint density at radius 3 is 2.84 bits per heavy atom. The number of methoxy groups -OCH3 is 1. The maximum atomic E-state index is 11.9. The molecule has 19 heavy (non-hydrogen) atoms. The number of aromatic nitrogens is 1. The number of pyridine rings is 1. The van der Waals surface area contributed by atoms with Crippen LogP contribution >= 0.6 is 0 Å². The summed E-state index contributed by atoms with van der Waals surface area (Å²) in [4.78, 5) is 16.0. The van der Waals surface area contributed by atoms with Gasteiger partial charge in [-0.1, -0.05) is 13.8 Å². The minimum atomic E-state index is -0.0801. The van der Waals surface area contributed by atoms with E-state index >= 15 is 0 Å². The van der Waals surface area contributed by atoms with Crippen molar-refractivity contribution in [2.75, 3.05) is 32.1 Å². The molecule has 0 atom stereocenters. The van der Waals surface area contributed by atoms with Gasteiger partial charge >= 0.3 is 0 Å². The molecule has 0 radical (unpaired) electrons. The molecule has 0 aliphatic carbocycles. The SMILES string of the molecule is COCCNc1cncc(C(=O)NCCC(C)C)c1. The lowest BCUT2D eigenvalue weighted by Crippen LogP contribution is -2.25. The number of nitrogens with zero attached hydrogens (tertiary/aromatic N) is 1. The number of anilines is 1. The number of amides is 1. The molecule has 5 nitrogen and oxygen atoms in total. The number of rotatable bonds is 8. The molecule has 1 heterocycles. The Morgan fingerprint density at radius 1 is 1.37 bits per heavy atom. The molecular formula is C14H23N3O2. The second kappa shape index (κ2) is 8.48. The summed E-state index contributed by atoms with van der Waals surface area (Å²) in [7, 11) is 1.65. The molecule has 0 unspecified atom stereocenters. The Hall–Kier alpha value is -1.62. The minimum absolute atomic E-state index is 0.0801. The van der Waals surface area contributed by atoms with E-state index in [1.54, 1.807) is 25.6 Å². The summed E-state index contributed by atoms with van der Waals surface area (Å²) < 4.78 is 4.95. The van der Waals surface area contributed by atoms with Crippen LogP contribution in [0.15, 0.2) is 18.5 Å². The van der Waals surface area contributed by atoms with E-state index in [1.807, 2.05) is 0 Å². The topological polar surface area (TPSA) is 63.2 Å². The zero-order valence-corrected chi connectivity index (χ0v) is 11.9. The number of carbonyl (C=O) groups excluding carboxylic acids is 1. The summed E-state index contributed by atoms with van der Waals surface area (Å²) in [6.07, 6.45) is 4.25. The first-order valence-corrected chi connectivity index (χ1v) is 6.59. The summed E-state index contributed by atoms with van der Waals surface area (Å²) in [5, 5.41) is 6.04. The standard InChI is InChI=1S/C14H23N3O2/c1-11(2)4-5-17-14(18)12-8-13(10-15-9-12)16-6-7-19-3/h8-11,16H,4-7H2,1-3H3,(H,17,18). The van der Waals surface area contributed by atoms with Crippen molar-refractivity contribution in [3.8, 4) is 0 Å². The fraction of sp³-hybridized carbons (Fsp3) is 0.571. The highest BCUT2D eigenvalue weighted by molar-refractivity contribution is 5.94. The lowest BCUT2D eigenvalue weighted by atomic mass is 10.1. The van der Waals surface area contributed by atoms with E-state index in [4.69, 9.17) is 4.74 Å². The van der Waals surface area contributed by atoms with E-state index in [-0.39, 0.29) is 5.91 Å². The molecule has 0 bridgehead atoms. The van der Waals surface area contributed by atoms with Crippen LogP contribution in [-0.2, 0) is 4.74 Å². The Labute approximate surface area is 114 Å². The molecule has 106 valence electrons. The van der Waals surface area contributed by atoms with Gasteiger partial charge in [0, 0.05) is 32.6 Å². The van der Waals surface area contributed by atoms with Gasteiger partial charge in [-0.25, -0.2) is 0 Å². The number of carbonyl (C=O) groups is 1. The van der Waals surface area contributed by atoms with Crippen molar-refractivity contribution in [3.63, 3.8) is 0 Å². The zero-order valence-electron chi connectivity index (χ0n) is 11.9. The molecule has 5 heteroatoms. The monoisotopic (exact) mass is 265 g/mol. The van der Waals surface area contributed by atoms with Crippen LogP contribution in [0.2, 0.25) is 0 Å². The first-order valence-electron chi connectivity index (χ1n) is 6.59. The fourth-order valence-corrected chi connectivity index (χ4v) is 1.53. The first kappa shape index (κ1) is 15.4. The van der Waals surface area contributed by atoms with Crippen molar-refractivity contribution in [1.29, 1.82) is 0 Å². The van der Waals surface area contributed by atoms with E-state index < -0.39 is 0 Å². The number of hydrogen-bond acceptors (Lipinski definition) is 4. The first-order chi connectivity index (χ1) is 9.13. The van der Waals surface area contributed by atoms with E-state index in [0.29, 0.717) is 31.2 Å². The molecular weight excluding hydrogens is 242 g/mol. The van der Waals surface area contributed by atoms with Gasteiger partial charge in [-0.15, -0.1) is 0 Å². The van der Waals surface area contributed by atoms with Crippen LogP contribution in [0.3, 0.4) is 0 Å². The second-order valence-electron chi connectivity index (χ2n) is 4.82. The lowest BCUT2D eigenvalue weighted by molar-refractivity contribution is 0.0951. The van der Waals surface area contributed by atoms with Crippen LogP contribution in [0, 0.1) is 5.92 Å². The molecule has 0 fully saturated rings. The highest BCUT2D eigenvalue weighted by atomic mass is 16.5. The quantitative estimate of drug-likeness (QED) is 0.705. The van der Waals surface area contributed by atoms with E-state index in [9.17, 15) is 4.79 Å². The Morgan fingerprint density at radius 2 is 2.16 bits per heavy atom. The molecule has 0 aliphatic rings. The van der Waals surface area contributed by atoms with Crippen LogP contribution < -0.4 is 10.6 Å². The van der Waals surface area contributed by atoms with Crippen molar-refractivity contribution in [1.82, 2.24) is 10.3 Å². The zero-order chi connectivity index (χ0) is 14.1. The molecule has 1 amide bonds. The smallest absolute Gasteiger partial charge is 0.252 e. The van der Waals surface area contributed by atoms with Gasteiger partial charge in [-0.2, -0.15) is 0 Å². The normalized spacial score (nSPS) is 10.5. The number of nitrogens with one attached hydrogen (secondary N) is 2. The van der Waals surface area contributed by atoms with Gasteiger partial charge in [0.15, 0.2) is 0 Å². The van der Waals surface area contributed by atoms with Gasteiger partial charge in [-0.05, 0) is 18.4 Å². The number of hydrogen-bond donors (Lipinski definition) is 2. The molecule has 0 saturated carbocycles. The van der Waals surface area contributed by atoms with Crippen molar-refractivity contribution in [2.45, 2.75) is 20.3 Å². The summed E-state index contributed by atoms with van der Waals surface area (Å²) in [6, 6.07) is 1.80. The maximum absolute atomic E-state index is 11.9. The van der Waals surface area contributed by atoms with Gasteiger partial charge in [0.25, 0.3) is 5.91 Å². The van der Waals surface area contributed by atoms with Crippen LogP contribution in [0.1, 0.15) is 30.6 Å². The predicted molar refractivity (Wildman–Crippen MR) is 76.4 cm³/mol. The van der Waals surface area contributed by atoms with Crippen LogP contribution in [0.25, 0.3) is 0 Å². The largest absolute Gasteiger partial charge is 0.383 e. The molecule has 0 saturated heterocycles. The van der Waals surface area contributed by atoms with Crippen LogP contribution in [-0.4, -0.2) is 37.7 Å². The van der Waals surface area contributed by atoms with Gasteiger partial charge < -0.3 is 15.4 Å². The molecule has 2 N–H and O–H groups in total. The van der Waals surface area contributed by atoms with Gasteiger partial charge in [-0.3, -0.25) is 9.78 Å².